The summed E-state index contributed by atoms with van der Waals surface area (Å²) in [5.41, 5.74) is 0.461. The molecule has 0 unspecified atom stereocenters. The van der Waals surface area contributed by atoms with Gasteiger partial charge in [0.1, 0.15) is 5.01 Å². The summed E-state index contributed by atoms with van der Waals surface area (Å²) in [7, 11) is -3.78. The van der Waals surface area contributed by atoms with Crippen molar-refractivity contribution in [1.29, 1.82) is 0 Å². The fourth-order valence-electron chi connectivity index (χ4n) is 1.53. The SMILES string of the molecule is CCNc1cccnc1S(=O)(=O)Nc1nnc(CC)s1. The van der Waals surface area contributed by atoms with Crippen molar-refractivity contribution in [3.63, 3.8) is 0 Å². The molecule has 2 N–H and O–H groups in total. The van der Waals surface area contributed by atoms with Gasteiger partial charge in [-0.15, -0.1) is 10.2 Å². The molecule has 2 rings (SSSR count). The smallest absolute Gasteiger partial charge is 0.283 e. The van der Waals surface area contributed by atoms with Crippen LogP contribution in [0.2, 0.25) is 0 Å². The van der Waals surface area contributed by atoms with E-state index in [9.17, 15) is 8.42 Å². The number of hydrogen-bond acceptors (Lipinski definition) is 7. The van der Waals surface area contributed by atoms with Crippen LogP contribution >= 0.6 is 11.3 Å². The minimum atomic E-state index is -3.78. The van der Waals surface area contributed by atoms with Crippen molar-refractivity contribution in [3.05, 3.63) is 23.3 Å². The van der Waals surface area contributed by atoms with Crippen LogP contribution in [-0.4, -0.2) is 30.1 Å². The zero-order valence-corrected chi connectivity index (χ0v) is 12.8. The van der Waals surface area contributed by atoms with Crippen LogP contribution in [0.25, 0.3) is 0 Å². The maximum absolute atomic E-state index is 12.3. The Morgan fingerprint density at radius 1 is 1.30 bits per heavy atom. The third-order valence-electron chi connectivity index (χ3n) is 2.38. The Kier molecular flexibility index (Phi) is 4.50. The number of sulfonamides is 1. The molecule has 0 atom stereocenters. The van der Waals surface area contributed by atoms with Gasteiger partial charge in [-0.3, -0.25) is 4.72 Å². The lowest BCUT2D eigenvalue weighted by Crippen LogP contribution is -2.16. The third kappa shape index (κ3) is 3.23. The number of hydrogen-bond donors (Lipinski definition) is 2. The molecule has 0 saturated carbocycles. The van der Waals surface area contributed by atoms with Crippen molar-refractivity contribution in [2.45, 2.75) is 25.3 Å². The van der Waals surface area contributed by atoms with Gasteiger partial charge in [0, 0.05) is 12.7 Å². The Hall–Kier alpha value is -1.74. The number of anilines is 2. The Morgan fingerprint density at radius 2 is 2.10 bits per heavy atom. The van der Waals surface area contributed by atoms with E-state index in [1.54, 1.807) is 12.1 Å². The predicted molar refractivity (Wildman–Crippen MR) is 78.5 cm³/mol. The van der Waals surface area contributed by atoms with E-state index in [0.717, 1.165) is 5.01 Å². The summed E-state index contributed by atoms with van der Waals surface area (Å²) < 4.78 is 27.0. The van der Waals surface area contributed by atoms with Crippen LogP contribution in [0.5, 0.6) is 0 Å². The van der Waals surface area contributed by atoms with Gasteiger partial charge in [0.15, 0.2) is 5.03 Å². The van der Waals surface area contributed by atoms with Crippen molar-refractivity contribution in [1.82, 2.24) is 15.2 Å². The third-order valence-corrected chi connectivity index (χ3v) is 4.79. The molecule has 7 nitrogen and oxygen atoms in total. The predicted octanol–water partition coefficient (Wildman–Crippen LogP) is 1.73. The van der Waals surface area contributed by atoms with Gasteiger partial charge < -0.3 is 5.32 Å². The maximum Gasteiger partial charge on any atom is 0.283 e. The first-order chi connectivity index (χ1) is 9.56. The molecule has 0 aromatic carbocycles. The summed E-state index contributed by atoms with van der Waals surface area (Å²) in [5, 5.41) is 11.6. The first-order valence-corrected chi connectivity index (χ1v) is 8.41. The van der Waals surface area contributed by atoms with Crippen LogP contribution in [0, 0.1) is 0 Å². The van der Waals surface area contributed by atoms with E-state index in [2.05, 4.69) is 25.2 Å². The van der Waals surface area contributed by atoms with Crippen LogP contribution < -0.4 is 10.0 Å². The molecule has 2 heterocycles. The second kappa shape index (κ2) is 6.14. The lowest BCUT2D eigenvalue weighted by molar-refractivity contribution is 0.598. The Balaban J connectivity index is 2.30. The van der Waals surface area contributed by atoms with E-state index in [1.807, 2.05) is 13.8 Å². The summed E-state index contributed by atoms with van der Waals surface area (Å²) in [6.07, 6.45) is 2.15. The van der Waals surface area contributed by atoms with Gasteiger partial charge in [0.05, 0.1) is 5.69 Å². The van der Waals surface area contributed by atoms with E-state index < -0.39 is 10.0 Å². The van der Waals surface area contributed by atoms with Crippen LogP contribution in [0.15, 0.2) is 23.4 Å². The normalized spacial score (nSPS) is 11.3. The molecule has 2 aromatic heterocycles. The lowest BCUT2D eigenvalue weighted by atomic mass is 10.4. The number of pyridine rings is 1. The largest absolute Gasteiger partial charge is 0.383 e. The second-order valence-corrected chi connectivity index (χ2v) is 6.51. The average Bonchev–Trinajstić information content (AvgIpc) is 2.86. The number of nitrogens with zero attached hydrogens (tertiary/aromatic N) is 3. The zero-order chi connectivity index (χ0) is 14.6. The van der Waals surface area contributed by atoms with Gasteiger partial charge in [0.2, 0.25) is 5.13 Å². The minimum Gasteiger partial charge on any atom is -0.383 e. The number of aryl methyl sites for hydroxylation is 1. The Morgan fingerprint density at radius 3 is 2.75 bits per heavy atom. The molecule has 0 saturated heterocycles. The van der Waals surface area contributed by atoms with Crippen molar-refractivity contribution in [3.8, 4) is 0 Å². The van der Waals surface area contributed by atoms with Gasteiger partial charge >= 0.3 is 0 Å². The Labute approximate surface area is 121 Å². The van der Waals surface area contributed by atoms with Gasteiger partial charge in [0.25, 0.3) is 10.0 Å². The van der Waals surface area contributed by atoms with Crippen LogP contribution in [0.1, 0.15) is 18.9 Å². The molecule has 0 amide bonds. The molecule has 20 heavy (non-hydrogen) atoms. The highest BCUT2D eigenvalue weighted by Crippen LogP contribution is 2.23. The van der Waals surface area contributed by atoms with E-state index in [4.69, 9.17) is 0 Å². The van der Waals surface area contributed by atoms with Crippen LogP contribution in [0.4, 0.5) is 10.8 Å². The zero-order valence-electron chi connectivity index (χ0n) is 11.1. The standard InChI is InChI=1S/C11H15N5O2S2/c1-3-9-14-15-11(19-9)16-20(17,18)10-8(12-4-2)6-5-7-13-10/h5-7,12H,3-4H2,1-2H3,(H,15,16). The highest BCUT2D eigenvalue weighted by molar-refractivity contribution is 7.93. The van der Waals surface area contributed by atoms with Crippen LogP contribution in [-0.2, 0) is 16.4 Å². The number of nitrogens with one attached hydrogen (secondary N) is 2. The second-order valence-electron chi connectivity index (χ2n) is 3.85. The molecule has 108 valence electrons. The quantitative estimate of drug-likeness (QED) is 0.843. The first-order valence-electron chi connectivity index (χ1n) is 6.11. The fraction of sp³-hybridized carbons (Fsp3) is 0.364. The molecule has 0 fully saturated rings. The molecule has 2 aromatic rings. The summed E-state index contributed by atoms with van der Waals surface area (Å²) in [5.74, 6) is 0. The molecule has 9 heteroatoms. The summed E-state index contributed by atoms with van der Waals surface area (Å²) >= 11 is 1.21. The van der Waals surface area contributed by atoms with Gasteiger partial charge in [-0.1, -0.05) is 18.3 Å². The summed E-state index contributed by atoms with van der Waals surface area (Å²) in [6.45, 7) is 4.42. The molecule has 0 radical (unpaired) electrons. The van der Waals surface area contributed by atoms with Crippen LogP contribution in [0.3, 0.4) is 0 Å². The average molecular weight is 313 g/mol. The molecule has 0 aliphatic heterocycles. The van der Waals surface area contributed by atoms with Crippen molar-refractivity contribution in [2.75, 3.05) is 16.6 Å². The fourth-order valence-corrected chi connectivity index (χ4v) is 3.55. The lowest BCUT2D eigenvalue weighted by Gasteiger charge is -2.09. The molecule has 0 aliphatic carbocycles. The van der Waals surface area contributed by atoms with Gasteiger partial charge in [-0.25, -0.2) is 4.98 Å². The van der Waals surface area contributed by atoms with Crippen molar-refractivity contribution in [2.24, 2.45) is 0 Å². The minimum absolute atomic E-state index is 0.0462. The monoisotopic (exact) mass is 313 g/mol. The summed E-state index contributed by atoms with van der Waals surface area (Å²) in [6, 6.07) is 3.35. The van der Waals surface area contributed by atoms with Crippen molar-refractivity contribution >= 4 is 32.2 Å². The maximum atomic E-state index is 12.3. The van der Waals surface area contributed by atoms with Gasteiger partial charge in [-0.2, -0.15) is 8.42 Å². The molecule has 0 aliphatic rings. The highest BCUT2D eigenvalue weighted by atomic mass is 32.2. The van der Waals surface area contributed by atoms with E-state index in [0.29, 0.717) is 18.7 Å². The molecule has 0 bridgehead atoms. The highest BCUT2D eigenvalue weighted by Gasteiger charge is 2.21. The van der Waals surface area contributed by atoms with E-state index in [-0.39, 0.29) is 10.2 Å². The number of rotatable bonds is 6. The van der Waals surface area contributed by atoms with E-state index >= 15 is 0 Å². The molecule has 0 spiro atoms. The summed E-state index contributed by atoms with van der Waals surface area (Å²) in [4.78, 5) is 3.94. The van der Waals surface area contributed by atoms with Gasteiger partial charge in [-0.05, 0) is 25.5 Å². The topological polar surface area (TPSA) is 96.9 Å². The first kappa shape index (κ1) is 14.7. The Bertz CT molecular complexity index is 684. The molecular weight excluding hydrogens is 298 g/mol. The van der Waals surface area contributed by atoms with E-state index in [1.165, 1.54) is 17.5 Å². The van der Waals surface area contributed by atoms with Crippen molar-refractivity contribution < 1.29 is 8.42 Å². The molecular formula is C11H15N5O2S2. The number of aromatic nitrogens is 3.